The highest BCUT2D eigenvalue weighted by atomic mass is 35.5. The maximum absolute atomic E-state index is 13.8. The van der Waals surface area contributed by atoms with Crippen LogP contribution in [0.5, 0.6) is 5.88 Å². The standard InChI is InChI=1S/C36H30Cl2F3N7O3/c1-47-34(50)29-19(15-42-47)14-26(36(39,40)41)45-32(29)43-23-8-4-6-21(31(23)38)20-5-3-7-22(30(20)37)24-13-18-9-10-25(28(18)33(44-24)51-2)48-16-35(17-48)12-11-27(49)46-35/h3-8,13-15,25H,9-12,16-17H2,1-2H3,(H,43,45)(H,46,49). The van der Waals surface area contributed by atoms with Gasteiger partial charge in [0.2, 0.25) is 11.8 Å². The van der Waals surface area contributed by atoms with Crippen LogP contribution in [0.4, 0.5) is 24.7 Å². The van der Waals surface area contributed by atoms with Gasteiger partial charge in [-0.2, -0.15) is 18.3 Å². The molecule has 2 fully saturated rings. The first-order chi connectivity index (χ1) is 24.4. The van der Waals surface area contributed by atoms with Crippen molar-refractivity contribution in [1.82, 2.24) is 30.0 Å². The molecule has 2 N–H and O–H groups in total. The van der Waals surface area contributed by atoms with Crippen LogP contribution in [0.25, 0.3) is 33.2 Å². The fraction of sp³-hybridized carbons (Fsp3) is 0.306. The predicted octanol–water partition coefficient (Wildman–Crippen LogP) is 7.09. The summed E-state index contributed by atoms with van der Waals surface area (Å²) in [7, 11) is 3.00. The molecule has 8 rings (SSSR count). The minimum atomic E-state index is -4.77. The Bertz CT molecular complexity index is 2330. The number of rotatable bonds is 6. The molecule has 2 saturated heterocycles. The van der Waals surface area contributed by atoms with Gasteiger partial charge >= 0.3 is 6.18 Å². The number of carbonyl (C=O) groups is 1. The molecule has 0 bridgehead atoms. The van der Waals surface area contributed by atoms with Crippen molar-refractivity contribution in [2.24, 2.45) is 7.05 Å². The largest absolute Gasteiger partial charge is 0.481 e. The van der Waals surface area contributed by atoms with E-state index in [-0.39, 0.29) is 44.8 Å². The fourth-order valence-electron chi connectivity index (χ4n) is 7.60. The van der Waals surface area contributed by atoms with Crippen LogP contribution in [-0.4, -0.2) is 56.3 Å². The zero-order chi connectivity index (χ0) is 35.8. The second kappa shape index (κ2) is 12.2. The van der Waals surface area contributed by atoms with Crippen LogP contribution < -0.4 is 20.9 Å². The van der Waals surface area contributed by atoms with Gasteiger partial charge in [0.25, 0.3) is 5.56 Å². The minimum Gasteiger partial charge on any atom is -0.481 e. The van der Waals surface area contributed by atoms with Crippen LogP contribution in [0.15, 0.2) is 59.5 Å². The Morgan fingerprint density at radius 3 is 2.43 bits per heavy atom. The van der Waals surface area contributed by atoms with Crippen molar-refractivity contribution in [2.45, 2.75) is 43.4 Å². The number of nitrogens with one attached hydrogen (secondary N) is 2. The van der Waals surface area contributed by atoms with Crippen molar-refractivity contribution in [3.63, 3.8) is 0 Å². The average Bonchev–Trinajstić information content (AvgIpc) is 3.69. The van der Waals surface area contributed by atoms with Crippen LogP contribution in [0, 0.1) is 0 Å². The van der Waals surface area contributed by atoms with E-state index in [9.17, 15) is 22.8 Å². The molecule has 15 heteroatoms. The van der Waals surface area contributed by atoms with Gasteiger partial charge < -0.3 is 15.4 Å². The fourth-order valence-corrected chi connectivity index (χ4v) is 8.19. The van der Waals surface area contributed by atoms with Crippen molar-refractivity contribution in [3.05, 3.63) is 91.9 Å². The van der Waals surface area contributed by atoms with E-state index in [1.807, 2.05) is 18.2 Å². The summed E-state index contributed by atoms with van der Waals surface area (Å²) in [4.78, 5) is 35.9. The van der Waals surface area contributed by atoms with Crippen molar-refractivity contribution >= 4 is 51.4 Å². The second-order valence-corrected chi connectivity index (χ2v) is 14.0. The van der Waals surface area contributed by atoms with Gasteiger partial charge in [0, 0.05) is 60.2 Å². The van der Waals surface area contributed by atoms with Crippen LogP contribution >= 0.6 is 23.2 Å². The molecule has 1 amide bonds. The number of fused-ring (bicyclic) bond motifs is 2. The lowest BCUT2D eigenvalue weighted by Crippen LogP contribution is -2.67. The number of hydrogen-bond acceptors (Lipinski definition) is 8. The van der Waals surface area contributed by atoms with Crippen molar-refractivity contribution in [3.8, 4) is 28.3 Å². The van der Waals surface area contributed by atoms with Gasteiger partial charge in [-0.1, -0.05) is 53.5 Å². The van der Waals surface area contributed by atoms with Gasteiger partial charge in [0.1, 0.15) is 11.5 Å². The van der Waals surface area contributed by atoms with Gasteiger partial charge in [-0.05, 0) is 43.0 Å². The number of benzene rings is 2. The number of nitrogens with zero attached hydrogens (tertiary/aromatic N) is 5. The molecule has 262 valence electrons. The zero-order valence-electron chi connectivity index (χ0n) is 27.4. The number of hydrogen-bond donors (Lipinski definition) is 2. The summed E-state index contributed by atoms with van der Waals surface area (Å²) in [6, 6.07) is 13.4. The third kappa shape index (κ3) is 5.67. The molecule has 5 heterocycles. The van der Waals surface area contributed by atoms with Crippen molar-refractivity contribution in [1.29, 1.82) is 0 Å². The maximum Gasteiger partial charge on any atom is 0.433 e. The summed E-state index contributed by atoms with van der Waals surface area (Å²) in [5.41, 5.74) is 2.77. The normalized spacial score (nSPS) is 18.2. The quantitative estimate of drug-likeness (QED) is 0.190. The van der Waals surface area contributed by atoms with Crippen molar-refractivity contribution in [2.75, 3.05) is 25.5 Å². The van der Waals surface area contributed by atoms with Crippen LogP contribution in [0.1, 0.15) is 42.1 Å². The summed E-state index contributed by atoms with van der Waals surface area (Å²) in [5.74, 6) is 0.324. The molecule has 2 aliphatic heterocycles. The van der Waals surface area contributed by atoms with E-state index in [4.69, 9.17) is 32.9 Å². The van der Waals surface area contributed by atoms with Gasteiger partial charge in [-0.3, -0.25) is 14.5 Å². The monoisotopic (exact) mass is 735 g/mol. The third-order valence-electron chi connectivity index (χ3n) is 10.0. The number of aryl methyl sites for hydroxylation is 2. The second-order valence-electron chi connectivity index (χ2n) is 13.2. The topological polar surface area (TPSA) is 114 Å². The summed E-state index contributed by atoms with van der Waals surface area (Å²) in [5, 5.41) is 10.3. The molecule has 1 unspecified atom stereocenters. The van der Waals surface area contributed by atoms with Crippen molar-refractivity contribution < 1.29 is 22.7 Å². The first-order valence-corrected chi connectivity index (χ1v) is 17.0. The number of alkyl halides is 3. The summed E-state index contributed by atoms with van der Waals surface area (Å²) in [6.45, 7) is 1.59. The first-order valence-electron chi connectivity index (χ1n) is 16.3. The molecule has 10 nitrogen and oxygen atoms in total. The van der Waals surface area contributed by atoms with E-state index in [2.05, 4.69) is 25.6 Å². The predicted molar refractivity (Wildman–Crippen MR) is 187 cm³/mol. The number of methoxy groups -OCH3 is 1. The SMILES string of the molecule is COc1nc(-c2cccc(-c3cccc(Nc4nc(C(F)(F)F)cc5cnn(C)c(=O)c45)c3Cl)c2Cl)cc2c1C(N1CC3(CCC(=O)N3)C1)CC2. The van der Waals surface area contributed by atoms with E-state index in [1.165, 1.54) is 13.2 Å². The Morgan fingerprint density at radius 2 is 1.73 bits per heavy atom. The Kier molecular flexibility index (Phi) is 8.00. The Balaban J connectivity index is 1.13. The maximum atomic E-state index is 13.8. The molecule has 0 radical (unpaired) electrons. The van der Waals surface area contributed by atoms with Crippen LogP contribution in [-0.2, 0) is 24.4 Å². The van der Waals surface area contributed by atoms with E-state index >= 15 is 0 Å². The molecular weight excluding hydrogens is 706 g/mol. The molecule has 0 saturated carbocycles. The Morgan fingerprint density at radius 1 is 1.00 bits per heavy atom. The molecule has 5 aromatic rings. The molecule has 1 aliphatic carbocycles. The van der Waals surface area contributed by atoms with Crippen LogP contribution in [0.3, 0.4) is 0 Å². The summed E-state index contributed by atoms with van der Waals surface area (Å²) in [6.07, 6.45) is -0.434. The highest BCUT2D eigenvalue weighted by molar-refractivity contribution is 6.39. The lowest BCUT2D eigenvalue weighted by Gasteiger charge is -2.50. The lowest BCUT2D eigenvalue weighted by atomic mass is 9.86. The Labute approximate surface area is 299 Å². The van der Waals surface area contributed by atoms with E-state index < -0.39 is 17.4 Å². The number of aromatic nitrogens is 4. The first kappa shape index (κ1) is 33.4. The molecule has 3 aromatic heterocycles. The number of pyridine rings is 2. The number of halogens is 5. The number of anilines is 2. The van der Waals surface area contributed by atoms with Gasteiger partial charge in [0.15, 0.2) is 0 Å². The summed E-state index contributed by atoms with van der Waals surface area (Å²) < 4.78 is 48.3. The highest BCUT2D eigenvalue weighted by Crippen LogP contribution is 2.48. The number of ether oxygens (including phenoxy) is 1. The molecule has 51 heavy (non-hydrogen) atoms. The molecule has 1 atom stereocenters. The van der Waals surface area contributed by atoms with Crippen LogP contribution in [0.2, 0.25) is 10.0 Å². The molecule has 2 aromatic carbocycles. The summed E-state index contributed by atoms with van der Waals surface area (Å²) >= 11 is 14.0. The van der Waals surface area contributed by atoms with E-state index in [0.29, 0.717) is 39.7 Å². The molecule has 1 spiro atoms. The smallest absolute Gasteiger partial charge is 0.433 e. The minimum absolute atomic E-state index is 0.0226. The van der Waals surface area contributed by atoms with E-state index in [1.54, 1.807) is 31.4 Å². The molecular formula is C36H30Cl2F3N7O3. The van der Waals surface area contributed by atoms with Gasteiger partial charge in [-0.15, -0.1) is 0 Å². The third-order valence-corrected chi connectivity index (χ3v) is 10.9. The van der Waals surface area contributed by atoms with Gasteiger partial charge in [-0.25, -0.2) is 14.6 Å². The van der Waals surface area contributed by atoms with E-state index in [0.717, 1.165) is 54.2 Å². The highest BCUT2D eigenvalue weighted by Gasteiger charge is 2.51. The molecule has 3 aliphatic rings. The number of carbonyl (C=O) groups excluding carboxylic acids is 1. The number of likely N-dealkylation sites (tertiary alicyclic amines) is 1. The zero-order valence-corrected chi connectivity index (χ0v) is 28.9. The average molecular weight is 737 g/mol. The number of amides is 1. The lowest BCUT2D eigenvalue weighted by molar-refractivity contribution is -0.141. The Hall–Kier alpha value is -4.72. The van der Waals surface area contributed by atoms with Gasteiger partial charge in [0.05, 0.1) is 45.7 Å².